The molecule has 0 bridgehead atoms. The van der Waals surface area contributed by atoms with Crippen molar-refractivity contribution < 1.29 is 24.2 Å². The maximum atomic E-state index is 12.1. The molecule has 2 amide bonds. The number of carbonyl (C=O) groups is 3. The number of nitrogens with zero attached hydrogens (tertiary/aromatic N) is 3. The van der Waals surface area contributed by atoms with E-state index in [2.05, 4.69) is 10.4 Å². The van der Waals surface area contributed by atoms with Crippen LogP contribution in [0.5, 0.6) is 0 Å². The van der Waals surface area contributed by atoms with Crippen molar-refractivity contribution in [2.45, 2.75) is 33.2 Å². The highest BCUT2D eigenvalue weighted by atomic mass is 16.5. The van der Waals surface area contributed by atoms with Gasteiger partial charge >= 0.3 is 18.0 Å². The van der Waals surface area contributed by atoms with Crippen LogP contribution in [-0.2, 0) is 19.9 Å². The second kappa shape index (κ2) is 7.80. The van der Waals surface area contributed by atoms with Gasteiger partial charge in [-0.25, -0.2) is 9.59 Å². The number of carboxylic acid groups (broad SMARTS) is 1. The van der Waals surface area contributed by atoms with Gasteiger partial charge in [-0.1, -0.05) is 6.92 Å². The highest BCUT2D eigenvalue weighted by Crippen LogP contribution is 2.19. The first kappa shape index (κ1) is 19.5. The van der Waals surface area contributed by atoms with E-state index in [0.29, 0.717) is 5.69 Å². The normalized spacial score (nSPS) is 12.4. The van der Waals surface area contributed by atoms with E-state index >= 15 is 0 Å². The first-order valence-corrected chi connectivity index (χ1v) is 7.56. The fourth-order valence-corrected chi connectivity index (χ4v) is 1.89. The van der Waals surface area contributed by atoms with Crippen LogP contribution >= 0.6 is 0 Å². The van der Waals surface area contributed by atoms with Crippen molar-refractivity contribution in [1.29, 1.82) is 0 Å². The van der Waals surface area contributed by atoms with Crippen LogP contribution in [0.15, 0.2) is 12.4 Å². The Morgan fingerprint density at radius 3 is 2.62 bits per heavy atom. The molecule has 1 heterocycles. The molecule has 0 saturated carbocycles. The van der Waals surface area contributed by atoms with E-state index < -0.39 is 29.4 Å². The third kappa shape index (κ3) is 4.71. The Morgan fingerprint density at radius 2 is 2.08 bits per heavy atom. The molecule has 0 aromatic carbocycles. The topological polar surface area (TPSA) is 114 Å². The van der Waals surface area contributed by atoms with Gasteiger partial charge in [0.2, 0.25) is 0 Å². The van der Waals surface area contributed by atoms with E-state index in [-0.39, 0.29) is 13.2 Å². The van der Waals surface area contributed by atoms with Crippen molar-refractivity contribution in [2.75, 3.05) is 25.5 Å². The second-order valence-electron chi connectivity index (χ2n) is 6.00. The molecule has 1 atom stereocenters. The zero-order valence-corrected chi connectivity index (χ0v) is 14.6. The Bertz CT molecular complexity index is 611. The van der Waals surface area contributed by atoms with Crippen molar-refractivity contribution in [1.82, 2.24) is 14.7 Å². The molecule has 0 saturated heterocycles. The number of esters is 1. The molecule has 0 radical (unpaired) electrons. The smallest absolute Gasteiger partial charge is 0.333 e. The van der Waals surface area contributed by atoms with Crippen LogP contribution in [0.1, 0.15) is 27.7 Å². The predicted octanol–water partition coefficient (Wildman–Crippen LogP) is 1.37. The lowest BCUT2D eigenvalue weighted by molar-refractivity contribution is -0.152. The first-order chi connectivity index (χ1) is 11.1. The largest absolute Gasteiger partial charge is 0.481 e. The van der Waals surface area contributed by atoms with Crippen LogP contribution in [-0.4, -0.2) is 58.0 Å². The number of amides is 2. The van der Waals surface area contributed by atoms with Gasteiger partial charge in [0.05, 0.1) is 24.4 Å². The van der Waals surface area contributed by atoms with E-state index in [1.807, 2.05) is 0 Å². The third-order valence-corrected chi connectivity index (χ3v) is 3.50. The Morgan fingerprint density at radius 1 is 1.46 bits per heavy atom. The zero-order chi connectivity index (χ0) is 18.5. The van der Waals surface area contributed by atoms with Crippen LogP contribution < -0.4 is 5.32 Å². The van der Waals surface area contributed by atoms with Crippen LogP contribution in [0.4, 0.5) is 10.5 Å². The fourth-order valence-electron chi connectivity index (χ4n) is 1.89. The quantitative estimate of drug-likeness (QED) is 0.725. The summed E-state index contributed by atoms with van der Waals surface area (Å²) in [6.07, 6.45) is 2.93. The zero-order valence-electron chi connectivity index (χ0n) is 14.6. The number of ether oxygens (including phenoxy) is 1. The average Bonchev–Trinajstić information content (AvgIpc) is 2.96. The van der Waals surface area contributed by atoms with Crippen LogP contribution in [0.25, 0.3) is 0 Å². The number of anilines is 1. The average molecular weight is 340 g/mol. The van der Waals surface area contributed by atoms with Crippen LogP contribution in [0.2, 0.25) is 0 Å². The summed E-state index contributed by atoms with van der Waals surface area (Å²) in [6.45, 7) is 6.89. The number of carboxylic acids is 1. The molecule has 1 unspecified atom stereocenters. The minimum absolute atomic E-state index is 0.0730. The molecule has 0 aliphatic carbocycles. The highest BCUT2D eigenvalue weighted by molar-refractivity contribution is 5.89. The summed E-state index contributed by atoms with van der Waals surface area (Å²) in [4.78, 5) is 36.1. The van der Waals surface area contributed by atoms with Gasteiger partial charge in [0.1, 0.15) is 0 Å². The SMILES string of the molecule is CCOC(=O)C(C)(C)n1cc(NC(=O)N(C)CC(C)C(=O)O)cn1. The van der Waals surface area contributed by atoms with E-state index in [0.717, 1.165) is 0 Å². The predicted molar refractivity (Wildman–Crippen MR) is 86.6 cm³/mol. The molecular formula is C15H24N4O5. The third-order valence-electron chi connectivity index (χ3n) is 3.50. The number of aliphatic carboxylic acids is 1. The van der Waals surface area contributed by atoms with Gasteiger partial charge in [0, 0.05) is 19.8 Å². The number of hydrogen-bond donors (Lipinski definition) is 2. The maximum absolute atomic E-state index is 12.1. The second-order valence-corrected chi connectivity index (χ2v) is 6.00. The molecule has 0 aliphatic heterocycles. The van der Waals surface area contributed by atoms with Gasteiger partial charge in [-0.3, -0.25) is 9.48 Å². The molecule has 134 valence electrons. The maximum Gasteiger partial charge on any atom is 0.333 e. The summed E-state index contributed by atoms with van der Waals surface area (Å²) >= 11 is 0. The lowest BCUT2D eigenvalue weighted by atomic mass is 10.1. The first-order valence-electron chi connectivity index (χ1n) is 7.56. The molecule has 24 heavy (non-hydrogen) atoms. The van der Waals surface area contributed by atoms with Crippen molar-refractivity contribution >= 4 is 23.7 Å². The number of urea groups is 1. The van der Waals surface area contributed by atoms with Gasteiger partial charge in [0.25, 0.3) is 0 Å². The van der Waals surface area contributed by atoms with Crippen LogP contribution in [0, 0.1) is 5.92 Å². The molecule has 0 fully saturated rings. The minimum Gasteiger partial charge on any atom is -0.481 e. The Labute approximate surface area is 140 Å². The van der Waals surface area contributed by atoms with Crippen molar-refractivity contribution in [2.24, 2.45) is 5.92 Å². The molecule has 0 spiro atoms. The van der Waals surface area contributed by atoms with Crippen molar-refractivity contribution in [3.63, 3.8) is 0 Å². The van der Waals surface area contributed by atoms with Gasteiger partial charge in [-0.2, -0.15) is 5.10 Å². The number of nitrogens with one attached hydrogen (secondary N) is 1. The standard InChI is InChI=1S/C15H24N4O5/c1-6-24-13(22)15(3,4)19-9-11(7-16-19)17-14(23)18(5)8-10(2)12(20)21/h7,9-10H,6,8H2,1-5H3,(H,17,23)(H,20,21). The molecule has 9 heteroatoms. The lowest BCUT2D eigenvalue weighted by Gasteiger charge is -2.22. The highest BCUT2D eigenvalue weighted by Gasteiger charge is 2.32. The summed E-state index contributed by atoms with van der Waals surface area (Å²) in [5, 5.41) is 15.6. The van der Waals surface area contributed by atoms with Gasteiger partial charge in [0.15, 0.2) is 5.54 Å². The van der Waals surface area contributed by atoms with Crippen molar-refractivity contribution in [3.05, 3.63) is 12.4 Å². The number of rotatable bonds is 7. The Balaban J connectivity index is 2.74. The van der Waals surface area contributed by atoms with Gasteiger partial charge in [-0.05, 0) is 20.8 Å². The summed E-state index contributed by atoms with van der Waals surface area (Å²) in [5.74, 6) is -2.08. The molecule has 2 N–H and O–H groups in total. The Kier molecular flexibility index (Phi) is 6.33. The minimum atomic E-state index is -1.01. The molecule has 0 aliphatic rings. The van der Waals surface area contributed by atoms with E-state index in [4.69, 9.17) is 9.84 Å². The molecule has 1 aromatic rings. The fraction of sp³-hybridized carbons (Fsp3) is 0.600. The molecule has 1 aromatic heterocycles. The van der Waals surface area contributed by atoms with Crippen molar-refractivity contribution in [3.8, 4) is 0 Å². The van der Waals surface area contributed by atoms with Gasteiger partial charge < -0.3 is 20.1 Å². The molecule has 1 rings (SSSR count). The molecular weight excluding hydrogens is 316 g/mol. The molecule has 9 nitrogen and oxygen atoms in total. The Hall–Kier alpha value is -2.58. The number of hydrogen-bond acceptors (Lipinski definition) is 5. The van der Waals surface area contributed by atoms with Gasteiger partial charge in [-0.15, -0.1) is 0 Å². The van der Waals surface area contributed by atoms with E-state index in [9.17, 15) is 14.4 Å². The van der Waals surface area contributed by atoms with E-state index in [1.54, 1.807) is 20.8 Å². The summed E-state index contributed by atoms with van der Waals surface area (Å²) in [5.41, 5.74) is -0.616. The number of aromatic nitrogens is 2. The number of carbonyl (C=O) groups excluding carboxylic acids is 2. The van der Waals surface area contributed by atoms with E-state index in [1.165, 1.54) is 35.9 Å². The lowest BCUT2D eigenvalue weighted by Crippen LogP contribution is -2.38. The summed E-state index contributed by atoms with van der Waals surface area (Å²) in [6, 6.07) is -0.461. The van der Waals surface area contributed by atoms with Crippen LogP contribution in [0.3, 0.4) is 0 Å². The summed E-state index contributed by atoms with van der Waals surface area (Å²) in [7, 11) is 1.50. The monoisotopic (exact) mass is 340 g/mol. The summed E-state index contributed by atoms with van der Waals surface area (Å²) < 4.78 is 6.41.